The number of benzene rings is 1. The Balaban J connectivity index is 2.59. The Morgan fingerprint density at radius 1 is 1.29 bits per heavy atom. The van der Waals surface area contributed by atoms with Crippen molar-refractivity contribution in [1.29, 1.82) is 0 Å². The van der Waals surface area contributed by atoms with Crippen LogP contribution in [0.4, 0.5) is 8.78 Å². The Kier molecular flexibility index (Phi) is 5.51. The molecule has 1 aromatic rings. The summed E-state index contributed by atoms with van der Waals surface area (Å²) in [6.45, 7) is 2.45. The van der Waals surface area contributed by atoms with Gasteiger partial charge in [-0.15, -0.1) is 0 Å². The van der Waals surface area contributed by atoms with Crippen molar-refractivity contribution in [1.82, 2.24) is 0 Å². The summed E-state index contributed by atoms with van der Waals surface area (Å²) in [6, 6.07) is 3.71. The number of hydrogen-bond donors (Lipinski definition) is 1. The van der Waals surface area contributed by atoms with E-state index in [9.17, 15) is 13.9 Å². The van der Waals surface area contributed by atoms with Crippen molar-refractivity contribution >= 4 is 0 Å². The van der Waals surface area contributed by atoms with Crippen LogP contribution >= 0.6 is 0 Å². The normalized spacial score (nSPS) is 14.6. The minimum atomic E-state index is -0.758. The summed E-state index contributed by atoms with van der Waals surface area (Å²) in [6.07, 6.45) is -0.305. The summed E-state index contributed by atoms with van der Waals surface area (Å²) in [4.78, 5) is 0. The molecule has 96 valence electrons. The van der Waals surface area contributed by atoms with Gasteiger partial charge < -0.3 is 9.84 Å². The number of aliphatic hydroxyl groups excluding tert-OH is 1. The van der Waals surface area contributed by atoms with Gasteiger partial charge in [0.05, 0.1) is 6.10 Å². The van der Waals surface area contributed by atoms with Crippen LogP contribution in [0.2, 0.25) is 0 Å². The van der Waals surface area contributed by atoms with Crippen LogP contribution < -0.4 is 0 Å². The lowest BCUT2D eigenvalue weighted by Crippen LogP contribution is -2.18. The maximum Gasteiger partial charge on any atom is 0.129 e. The lowest BCUT2D eigenvalue weighted by molar-refractivity contribution is 0.101. The van der Waals surface area contributed by atoms with Crippen molar-refractivity contribution in [3.63, 3.8) is 0 Å². The van der Waals surface area contributed by atoms with Gasteiger partial charge in [-0.2, -0.15) is 0 Å². The van der Waals surface area contributed by atoms with Crippen molar-refractivity contribution in [2.45, 2.75) is 25.9 Å². The first-order chi connectivity index (χ1) is 8.04. The summed E-state index contributed by atoms with van der Waals surface area (Å²) >= 11 is 0. The number of ether oxygens (including phenoxy) is 1. The molecule has 0 saturated carbocycles. The van der Waals surface area contributed by atoms with E-state index < -0.39 is 17.7 Å². The van der Waals surface area contributed by atoms with Gasteiger partial charge in [0.1, 0.15) is 11.6 Å². The number of hydrogen-bond acceptors (Lipinski definition) is 2. The smallest absolute Gasteiger partial charge is 0.129 e. The zero-order valence-electron chi connectivity index (χ0n) is 10.1. The van der Waals surface area contributed by atoms with E-state index in [0.717, 1.165) is 0 Å². The first-order valence-electron chi connectivity index (χ1n) is 5.64. The van der Waals surface area contributed by atoms with Gasteiger partial charge in [0.25, 0.3) is 0 Å². The summed E-state index contributed by atoms with van der Waals surface area (Å²) in [5.74, 6) is -1.06. The van der Waals surface area contributed by atoms with Crippen molar-refractivity contribution in [2.24, 2.45) is 5.92 Å². The van der Waals surface area contributed by atoms with Crippen LogP contribution in [0.1, 0.15) is 18.9 Å². The number of halogens is 2. The van der Waals surface area contributed by atoms with Gasteiger partial charge in [0.15, 0.2) is 0 Å². The molecule has 0 aliphatic rings. The van der Waals surface area contributed by atoms with Crippen molar-refractivity contribution in [2.75, 3.05) is 13.7 Å². The molecule has 0 aliphatic carbocycles. The highest BCUT2D eigenvalue weighted by Gasteiger charge is 2.16. The molecule has 0 aliphatic heterocycles. The highest BCUT2D eigenvalue weighted by Crippen LogP contribution is 2.17. The summed E-state index contributed by atoms with van der Waals surface area (Å²) in [5.41, 5.74) is -0.0513. The zero-order chi connectivity index (χ0) is 12.8. The molecule has 1 rings (SSSR count). The Hall–Kier alpha value is -1.00. The van der Waals surface area contributed by atoms with Crippen LogP contribution in [0, 0.1) is 17.6 Å². The number of rotatable bonds is 6. The fraction of sp³-hybridized carbons (Fsp3) is 0.538. The predicted octanol–water partition coefficient (Wildman–Crippen LogP) is 2.54. The van der Waals surface area contributed by atoms with Crippen LogP contribution in [0.3, 0.4) is 0 Å². The highest BCUT2D eigenvalue weighted by molar-refractivity contribution is 5.20. The third-order valence-electron chi connectivity index (χ3n) is 2.63. The molecule has 0 fully saturated rings. The van der Waals surface area contributed by atoms with Gasteiger partial charge in [-0.1, -0.05) is 13.0 Å². The van der Waals surface area contributed by atoms with Crippen LogP contribution in [-0.4, -0.2) is 24.9 Å². The molecule has 1 aromatic carbocycles. The second-order valence-corrected chi connectivity index (χ2v) is 4.35. The van der Waals surface area contributed by atoms with Crippen LogP contribution in [0.25, 0.3) is 0 Å². The fourth-order valence-electron chi connectivity index (χ4n) is 1.86. The average molecular weight is 244 g/mol. The Morgan fingerprint density at radius 3 is 2.41 bits per heavy atom. The quantitative estimate of drug-likeness (QED) is 0.833. The number of aliphatic hydroxyl groups is 1. The molecule has 0 bridgehead atoms. The van der Waals surface area contributed by atoms with Crippen molar-refractivity contribution < 1.29 is 18.6 Å². The van der Waals surface area contributed by atoms with Crippen LogP contribution in [0.5, 0.6) is 0 Å². The molecule has 2 nitrogen and oxygen atoms in total. The van der Waals surface area contributed by atoms with E-state index in [1.54, 1.807) is 7.11 Å². The van der Waals surface area contributed by atoms with E-state index in [-0.39, 0.29) is 17.9 Å². The third kappa shape index (κ3) is 4.40. The maximum absolute atomic E-state index is 13.3. The van der Waals surface area contributed by atoms with E-state index in [1.165, 1.54) is 18.2 Å². The Labute approximate surface area is 100 Å². The van der Waals surface area contributed by atoms with Gasteiger partial charge >= 0.3 is 0 Å². The van der Waals surface area contributed by atoms with Gasteiger partial charge in [0, 0.05) is 25.7 Å². The Morgan fingerprint density at radius 2 is 1.88 bits per heavy atom. The minimum absolute atomic E-state index is 0.00738. The van der Waals surface area contributed by atoms with E-state index in [0.29, 0.717) is 13.0 Å². The van der Waals surface area contributed by atoms with Crippen molar-refractivity contribution in [3.8, 4) is 0 Å². The van der Waals surface area contributed by atoms with Crippen molar-refractivity contribution in [3.05, 3.63) is 35.4 Å². The molecule has 2 unspecified atom stereocenters. The lowest BCUT2D eigenvalue weighted by Gasteiger charge is -2.16. The number of methoxy groups -OCH3 is 1. The molecule has 17 heavy (non-hydrogen) atoms. The molecule has 0 spiro atoms. The first kappa shape index (κ1) is 14.1. The second-order valence-electron chi connectivity index (χ2n) is 4.35. The first-order valence-corrected chi connectivity index (χ1v) is 5.64. The fourth-order valence-corrected chi connectivity index (χ4v) is 1.86. The molecular formula is C13H18F2O2. The molecule has 0 saturated heterocycles. The largest absolute Gasteiger partial charge is 0.393 e. The van der Waals surface area contributed by atoms with Gasteiger partial charge in [-0.05, 0) is 24.5 Å². The monoisotopic (exact) mass is 244 g/mol. The topological polar surface area (TPSA) is 29.5 Å². The van der Waals surface area contributed by atoms with Crippen LogP contribution in [0.15, 0.2) is 18.2 Å². The third-order valence-corrected chi connectivity index (χ3v) is 2.63. The Bertz CT molecular complexity index is 335. The van der Waals surface area contributed by atoms with E-state index in [2.05, 4.69) is 0 Å². The SMILES string of the molecule is COCC(C)CC(O)Cc1c(F)cccc1F. The van der Waals surface area contributed by atoms with E-state index in [1.807, 2.05) is 6.92 Å². The average Bonchev–Trinajstić information content (AvgIpc) is 2.24. The second kappa shape index (κ2) is 6.67. The molecule has 2 atom stereocenters. The van der Waals surface area contributed by atoms with Crippen LogP contribution in [-0.2, 0) is 11.2 Å². The zero-order valence-corrected chi connectivity index (χ0v) is 10.1. The van der Waals surface area contributed by atoms with E-state index >= 15 is 0 Å². The molecule has 0 heterocycles. The minimum Gasteiger partial charge on any atom is -0.393 e. The predicted molar refractivity (Wildman–Crippen MR) is 61.7 cm³/mol. The molecular weight excluding hydrogens is 226 g/mol. The molecule has 0 radical (unpaired) electrons. The van der Waals surface area contributed by atoms with Gasteiger partial charge in [-0.25, -0.2) is 8.78 Å². The molecule has 4 heteroatoms. The molecule has 1 N–H and O–H groups in total. The standard InChI is InChI=1S/C13H18F2O2/c1-9(8-17-2)6-10(16)7-11-12(14)4-3-5-13(11)15/h3-5,9-10,16H,6-8H2,1-2H3. The lowest BCUT2D eigenvalue weighted by atomic mass is 9.98. The van der Waals surface area contributed by atoms with Gasteiger partial charge in [-0.3, -0.25) is 0 Å². The van der Waals surface area contributed by atoms with E-state index in [4.69, 9.17) is 4.74 Å². The molecule has 0 aromatic heterocycles. The summed E-state index contributed by atoms with van der Waals surface area (Å²) in [5, 5.41) is 9.76. The maximum atomic E-state index is 13.3. The summed E-state index contributed by atoms with van der Waals surface area (Å²) in [7, 11) is 1.58. The highest BCUT2D eigenvalue weighted by atomic mass is 19.1. The van der Waals surface area contributed by atoms with Gasteiger partial charge in [0.2, 0.25) is 0 Å². The summed E-state index contributed by atoms with van der Waals surface area (Å²) < 4.78 is 31.6. The molecule has 0 amide bonds.